The number of rotatable bonds is 15. The van der Waals surface area contributed by atoms with Crippen LogP contribution in [0.25, 0.3) is 0 Å². The molecule has 14 nitrogen and oxygen atoms in total. The number of carbonyl (C=O) groups excluding carboxylic acids is 5. The number of non-ortho nitro benzene ring substituents is 1. The average molecular weight is 676 g/mol. The monoisotopic (exact) mass is 675 g/mol. The molecule has 3 aromatic carbocycles. The van der Waals surface area contributed by atoms with Gasteiger partial charge in [0.1, 0.15) is 30.3 Å². The van der Waals surface area contributed by atoms with Gasteiger partial charge in [-0.15, -0.1) is 0 Å². The molecule has 14 heteroatoms. The van der Waals surface area contributed by atoms with Gasteiger partial charge in [0.15, 0.2) is 0 Å². The molecule has 0 saturated carbocycles. The van der Waals surface area contributed by atoms with Crippen molar-refractivity contribution >= 4 is 35.5 Å². The Morgan fingerprint density at radius 3 is 1.82 bits per heavy atom. The highest BCUT2D eigenvalue weighted by Crippen LogP contribution is 2.14. The minimum atomic E-state index is -1.15. The van der Waals surface area contributed by atoms with Gasteiger partial charge in [-0.3, -0.25) is 24.5 Å². The van der Waals surface area contributed by atoms with Gasteiger partial charge >= 0.3 is 12.1 Å². The van der Waals surface area contributed by atoms with E-state index in [9.17, 15) is 34.1 Å². The summed E-state index contributed by atoms with van der Waals surface area (Å²) in [6.45, 7) is 5.77. The summed E-state index contributed by atoms with van der Waals surface area (Å²) in [4.78, 5) is 75.0. The SMILES string of the molecule is C[C@H](NC(=O)OC(C)(C)C)C(=O)NCC(=O)N[C@H](Cc1ccccc1)C(=O)N[C@H](Cc1ccccc1)C(=O)OCc1ccc([N+](=O)[O-])cc1. The molecule has 3 atom stereocenters. The van der Waals surface area contributed by atoms with Gasteiger partial charge in [0.05, 0.1) is 11.5 Å². The summed E-state index contributed by atoms with van der Waals surface area (Å²) < 4.78 is 10.6. The van der Waals surface area contributed by atoms with Crippen molar-refractivity contribution in [1.29, 1.82) is 0 Å². The molecule has 3 aromatic rings. The number of ether oxygens (including phenoxy) is 2. The van der Waals surface area contributed by atoms with Crippen LogP contribution in [0.15, 0.2) is 84.9 Å². The topological polar surface area (TPSA) is 195 Å². The van der Waals surface area contributed by atoms with E-state index in [1.54, 1.807) is 75.4 Å². The number of esters is 1. The number of benzene rings is 3. The molecule has 0 heterocycles. The fraction of sp³-hybridized carbons (Fsp3) is 0.343. The van der Waals surface area contributed by atoms with Crippen LogP contribution in [0.3, 0.4) is 0 Å². The Balaban J connectivity index is 1.70. The summed E-state index contributed by atoms with van der Waals surface area (Å²) in [5.74, 6) is -2.76. The zero-order chi connectivity index (χ0) is 36.0. The molecule has 0 unspecified atom stereocenters. The van der Waals surface area contributed by atoms with Gasteiger partial charge in [-0.25, -0.2) is 9.59 Å². The fourth-order valence-corrected chi connectivity index (χ4v) is 4.46. The van der Waals surface area contributed by atoms with Crippen LogP contribution in [0.2, 0.25) is 0 Å². The normalized spacial score (nSPS) is 12.7. The Labute approximate surface area is 284 Å². The Morgan fingerprint density at radius 2 is 1.29 bits per heavy atom. The number of nitrogens with zero attached hydrogens (tertiary/aromatic N) is 1. The number of nitro benzene ring substituents is 1. The number of amides is 4. The van der Waals surface area contributed by atoms with E-state index in [0.717, 1.165) is 11.1 Å². The molecular weight excluding hydrogens is 634 g/mol. The second-order valence-corrected chi connectivity index (χ2v) is 12.2. The Kier molecular flexibility index (Phi) is 13.8. The van der Waals surface area contributed by atoms with E-state index in [2.05, 4.69) is 21.3 Å². The van der Waals surface area contributed by atoms with Gasteiger partial charge in [0.25, 0.3) is 5.69 Å². The Hall–Kier alpha value is -5.79. The Bertz CT molecular complexity index is 1590. The van der Waals surface area contributed by atoms with Crippen LogP contribution in [0, 0.1) is 10.1 Å². The Morgan fingerprint density at radius 1 is 0.735 bits per heavy atom. The number of carbonyl (C=O) groups is 5. The van der Waals surface area contributed by atoms with Gasteiger partial charge in [-0.2, -0.15) is 0 Å². The zero-order valence-corrected chi connectivity index (χ0v) is 27.8. The highest BCUT2D eigenvalue weighted by molar-refractivity contribution is 5.93. The van der Waals surface area contributed by atoms with E-state index >= 15 is 0 Å². The molecule has 4 amide bonds. The van der Waals surface area contributed by atoms with E-state index in [4.69, 9.17) is 9.47 Å². The lowest BCUT2D eigenvalue weighted by Gasteiger charge is -2.23. The second kappa shape index (κ2) is 17.9. The smallest absolute Gasteiger partial charge is 0.408 e. The summed E-state index contributed by atoms with van der Waals surface area (Å²) in [7, 11) is 0. The van der Waals surface area contributed by atoms with E-state index in [0.29, 0.717) is 5.56 Å². The van der Waals surface area contributed by atoms with Gasteiger partial charge in [0, 0.05) is 25.0 Å². The quantitative estimate of drug-likeness (QED) is 0.106. The van der Waals surface area contributed by atoms with E-state index in [1.165, 1.54) is 31.2 Å². The molecule has 0 fully saturated rings. The number of nitrogens with one attached hydrogen (secondary N) is 4. The first kappa shape index (κ1) is 37.7. The highest BCUT2D eigenvalue weighted by atomic mass is 16.6. The maximum Gasteiger partial charge on any atom is 0.408 e. The third-order valence-electron chi connectivity index (χ3n) is 6.90. The summed E-state index contributed by atoms with van der Waals surface area (Å²) in [5, 5.41) is 21.1. The average Bonchev–Trinajstić information content (AvgIpc) is 3.05. The summed E-state index contributed by atoms with van der Waals surface area (Å²) in [6.07, 6.45) is -0.648. The predicted molar refractivity (Wildman–Crippen MR) is 179 cm³/mol. The molecule has 0 bridgehead atoms. The van der Waals surface area contributed by atoms with Gasteiger partial charge in [0.2, 0.25) is 17.7 Å². The van der Waals surface area contributed by atoms with Crippen molar-refractivity contribution in [2.24, 2.45) is 0 Å². The van der Waals surface area contributed by atoms with Crippen molar-refractivity contribution in [2.75, 3.05) is 6.54 Å². The number of alkyl carbamates (subject to hydrolysis) is 1. The van der Waals surface area contributed by atoms with Crippen molar-refractivity contribution < 1.29 is 38.4 Å². The van der Waals surface area contributed by atoms with Crippen molar-refractivity contribution in [2.45, 2.75) is 70.9 Å². The summed E-state index contributed by atoms with van der Waals surface area (Å²) in [5.41, 5.74) is 1.10. The van der Waals surface area contributed by atoms with Gasteiger partial charge in [-0.1, -0.05) is 60.7 Å². The first-order valence-electron chi connectivity index (χ1n) is 15.5. The number of hydrogen-bond donors (Lipinski definition) is 4. The third-order valence-corrected chi connectivity index (χ3v) is 6.90. The van der Waals surface area contributed by atoms with Crippen molar-refractivity contribution in [3.8, 4) is 0 Å². The molecule has 4 N–H and O–H groups in total. The van der Waals surface area contributed by atoms with Crippen molar-refractivity contribution in [1.82, 2.24) is 21.3 Å². The minimum absolute atomic E-state index is 0.0683. The minimum Gasteiger partial charge on any atom is -0.459 e. The lowest BCUT2D eigenvalue weighted by atomic mass is 10.0. The lowest BCUT2D eigenvalue weighted by Crippen LogP contribution is -2.55. The first-order valence-corrected chi connectivity index (χ1v) is 15.5. The van der Waals surface area contributed by atoms with Crippen molar-refractivity contribution in [3.63, 3.8) is 0 Å². The number of nitro groups is 1. The molecule has 0 spiro atoms. The molecule has 0 radical (unpaired) electrons. The fourth-order valence-electron chi connectivity index (χ4n) is 4.46. The predicted octanol–water partition coefficient (Wildman–Crippen LogP) is 3.12. The van der Waals surface area contributed by atoms with Gasteiger partial charge in [-0.05, 0) is 56.5 Å². The molecule has 49 heavy (non-hydrogen) atoms. The zero-order valence-electron chi connectivity index (χ0n) is 27.8. The second-order valence-electron chi connectivity index (χ2n) is 12.2. The van der Waals surface area contributed by atoms with Crippen LogP contribution in [-0.2, 0) is 48.1 Å². The summed E-state index contributed by atoms with van der Waals surface area (Å²) >= 11 is 0. The molecule has 0 aliphatic rings. The molecule has 3 rings (SSSR count). The van der Waals surface area contributed by atoms with Crippen LogP contribution in [-0.4, -0.2) is 65.0 Å². The van der Waals surface area contributed by atoms with E-state index in [1.807, 2.05) is 6.07 Å². The first-order chi connectivity index (χ1) is 23.2. The van der Waals surface area contributed by atoms with Crippen LogP contribution in [0.5, 0.6) is 0 Å². The lowest BCUT2D eigenvalue weighted by molar-refractivity contribution is -0.384. The maximum atomic E-state index is 13.7. The molecule has 0 aromatic heterocycles. The van der Waals surface area contributed by atoms with E-state index < -0.39 is 65.0 Å². The van der Waals surface area contributed by atoms with Crippen LogP contribution in [0.4, 0.5) is 10.5 Å². The molecule has 0 aliphatic heterocycles. The summed E-state index contributed by atoms with van der Waals surface area (Å²) in [6, 6.07) is 20.1. The number of hydrogen-bond acceptors (Lipinski definition) is 9. The van der Waals surface area contributed by atoms with E-state index in [-0.39, 0.29) is 25.1 Å². The molecular formula is C35H41N5O9. The van der Waals surface area contributed by atoms with Gasteiger partial charge < -0.3 is 30.7 Å². The maximum absolute atomic E-state index is 13.7. The molecule has 0 aliphatic carbocycles. The third kappa shape index (κ3) is 13.5. The highest BCUT2D eigenvalue weighted by Gasteiger charge is 2.29. The van der Waals surface area contributed by atoms with Crippen LogP contribution in [0.1, 0.15) is 44.4 Å². The van der Waals surface area contributed by atoms with Crippen LogP contribution >= 0.6 is 0 Å². The largest absolute Gasteiger partial charge is 0.459 e. The van der Waals surface area contributed by atoms with Crippen molar-refractivity contribution in [3.05, 3.63) is 112 Å². The standard InChI is InChI=1S/C35H41N5O9/c1-23(37-34(45)49-35(2,3)4)31(42)36-21-30(41)38-28(19-24-11-7-5-8-12-24)32(43)39-29(20-25-13-9-6-10-14-25)33(44)48-22-26-15-17-27(18-16-26)40(46)47/h5-18,23,28-29H,19-22H2,1-4H3,(H,36,42)(H,37,45)(H,38,41)(H,39,43)/t23-,28+,29+/m0/s1. The molecule has 0 saturated heterocycles. The molecule has 260 valence electrons. The van der Waals surface area contributed by atoms with Crippen LogP contribution < -0.4 is 21.3 Å².